The Bertz CT molecular complexity index is 1830. The van der Waals surface area contributed by atoms with Gasteiger partial charge < -0.3 is 19.1 Å². The van der Waals surface area contributed by atoms with Crippen LogP contribution in [0.15, 0.2) is 53.1 Å². The number of nitrogens with zero attached hydrogens (tertiary/aromatic N) is 2. The summed E-state index contributed by atoms with van der Waals surface area (Å²) in [6.07, 6.45) is 15.6. The predicted molar refractivity (Wildman–Crippen MR) is 210 cm³/mol. The number of amides is 1. The van der Waals surface area contributed by atoms with Crippen LogP contribution in [0.4, 0.5) is 5.69 Å². The van der Waals surface area contributed by atoms with Crippen molar-refractivity contribution in [3.05, 3.63) is 58.7 Å². The summed E-state index contributed by atoms with van der Waals surface area (Å²) in [5.74, 6) is 7.37. The number of ether oxygens (including phenoxy) is 3. The molecule has 1 spiro atoms. The van der Waals surface area contributed by atoms with Crippen LogP contribution in [0.5, 0.6) is 5.75 Å². The third-order valence-corrected chi connectivity index (χ3v) is 15.8. The van der Waals surface area contributed by atoms with Crippen LogP contribution in [-0.2, 0) is 19.5 Å². The Kier molecular flexibility index (Phi) is 11.2. The number of anilines is 1. The van der Waals surface area contributed by atoms with Crippen molar-refractivity contribution in [2.75, 3.05) is 64.6 Å². The van der Waals surface area contributed by atoms with Crippen molar-refractivity contribution in [1.82, 2.24) is 9.62 Å². The lowest BCUT2D eigenvalue weighted by Crippen LogP contribution is -2.56. The van der Waals surface area contributed by atoms with Gasteiger partial charge in [-0.05, 0) is 94.1 Å². The topological polar surface area (TPSA) is 97.4 Å². The zero-order valence-corrected chi connectivity index (χ0v) is 33.4. The molecule has 0 radical (unpaired) electrons. The molecule has 3 fully saturated rings. The highest BCUT2D eigenvalue weighted by Crippen LogP contribution is 2.60. The fourth-order valence-corrected chi connectivity index (χ4v) is 11.1. The van der Waals surface area contributed by atoms with E-state index in [2.05, 4.69) is 51.5 Å². The zero-order chi connectivity index (χ0) is 37.4. The summed E-state index contributed by atoms with van der Waals surface area (Å²) in [7, 11) is -2.21. The molecule has 6 aliphatic rings. The fourth-order valence-electron chi connectivity index (χ4n) is 9.64. The molecular weight excluding hydrogens is 710 g/mol. The average Bonchev–Trinajstić information content (AvgIpc) is 3.29. The molecule has 1 amide bonds. The Balaban J connectivity index is 1.28. The summed E-state index contributed by atoms with van der Waals surface area (Å²) >= 11 is 6.59. The van der Waals surface area contributed by atoms with Crippen molar-refractivity contribution in [1.29, 1.82) is 0 Å². The maximum absolute atomic E-state index is 13.7. The van der Waals surface area contributed by atoms with Gasteiger partial charge in [0.15, 0.2) is 0 Å². The molecule has 7 rings (SSSR count). The molecule has 1 saturated heterocycles. The number of sulfonamides is 1. The number of methoxy groups -OCH3 is 1. The minimum atomic E-state index is -3.97. The summed E-state index contributed by atoms with van der Waals surface area (Å²) in [5.41, 5.74) is 1.33. The number of halogens is 1. The van der Waals surface area contributed by atoms with E-state index in [9.17, 15) is 13.2 Å². The van der Waals surface area contributed by atoms with E-state index < -0.39 is 26.8 Å². The summed E-state index contributed by atoms with van der Waals surface area (Å²) in [6, 6.07) is 5.37. The molecule has 1 aromatic rings. The highest BCUT2D eigenvalue weighted by atomic mass is 35.5. The van der Waals surface area contributed by atoms with E-state index in [1.54, 1.807) is 20.1 Å². The molecule has 1 aromatic carbocycles. The molecule has 3 aliphatic carbocycles. The van der Waals surface area contributed by atoms with Crippen LogP contribution >= 0.6 is 11.6 Å². The van der Waals surface area contributed by atoms with E-state index in [0.717, 1.165) is 102 Å². The number of morpholine rings is 1. The Labute approximate surface area is 321 Å². The molecular formula is C42H56ClN3O6S. The first kappa shape index (κ1) is 38.5. The molecule has 288 valence electrons. The minimum Gasteiger partial charge on any atom is -0.491 e. The largest absolute Gasteiger partial charge is 0.491 e. The highest BCUT2D eigenvalue weighted by molar-refractivity contribution is 7.90. The van der Waals surface area contributed by atoms with Gasteiger partial charge in [0, 0.05) is 73.6 Å². The van der Waals surface area contributed by atoms with Crippen molar-refractivity contribution in [2.45, 2.75) is 83.0 Å². The van der Waals surface area contributed by atoms with Gasteiger partial charge in [0.25, 0.3) is 5.91 Å². The van der Waals surface area contributed by atoms with Gasteiger partial charge >= 0.3 is 0 Å². The first-order valence-electron chi connectivity index (χ1n) is 19.6. The SMILES string of the molecule is CO[C@@]1(C#CCCN2CCOCC2)/C=C/C[C@H](C)[C@@H](C)S(=O)(=O)NC(=O)c2ccc3c(c2)N(C[C@@H]2CC[C@H]21)C[C@@]1(CCCC2=CC(Cl)=CCC21C)CO3. The Hall–Kier alpha value is -2.81. The number of hydrogen-bond acceptors (Lipinski definition) is 8. The first-order chi connectivity index (χ1) is 25.4. The Morgan fingerprint density at radius 1 is 1.17 bits per heavy atom. The average molecular weight is 766 g/mol. The number of benzene rings is 1. The number of allylic oxidation sites excluding steroid dienone is 5. The predicted octanol–water partition coefficient (Wildman–Crippen LogP) is 6.70. The maximum atomic E-state index is 13.7. The van der Waals surface area contributed by atoms with Gasteiger partial charge in [-0.15, -0.1) is 0 Å². The first-order valence-corrected chi connectivity index (χ1v) is 21.5. The number of hydrogen-bond donors (Lipinski definition) is 1. The number of carbonyl (C=O) groups is 1. The van der Waals surface area contributed by atoms with Gasteiger partial charge in [-0.2, -0.15) is 0 Å². The molecule has 1 N–H and O–H groups in total. The van der Waals surface area contributed by atoms with Crippen molar-refractivity contribution in [3.63, 3.8) is 0 Å². The third kappa shape index (κ3) is 7.46. The maximum Gasteiger partial charge on any atom is 0.264 e. The van der Waals surface area contributed by atoms with E-state index in [4.69, 9.17) is 25.8 Å². The molecule has 3 heterocycles. The van der Waals surface area contributed by atoms with Crippen LogP contribution in [0, 0.1) is 40.4 Å². The van der Waals surface area contributed by atoms with Crippen LogP contribution in [0.25, 0.3) is 0 Å². The van der Waals surface area contributed by atoms with Gasteiger partial charge in [0.2, 0.25) is 10.0 Å². The standard InChI is InChI=1S/C42H56ClN3O6S/c1-30-9-7-18-42(50-4,17-5-6-20-45-21-23-51-24-22-45)36-13-11-33(36)27-46-28-41(16-8-10-34-26-35(43)15-19-40(34,41)3)29-52-38-14-12-32(25-37(38)46)39(47)44-53(48,49)31(30)2/h7,12,14-15,18,25-26,30-31,33,36H,6,8-11,13,16,19-24,27-29H2,1-4H3,(H,44,47)/b18-7+/t30-,31+,33-,36+,40?,41-,42-/m0/s1. The monoisotopic (exact) mass is 765 g/mol. The second-order valence-corrected chi connectivity index (χ2v) is 19.0. The summed E-state index contributed by atoms with van der Waals surface area (Å²) < 4.78 is 48.3. The number of nitrogens with one attached hydrogen (secondary N) is 1. The smallest absolute Gasteiger partial charge is 0.264 e. The minimum absolute atomic E-state index is 0.132. The molecule has 3 aliphatic heterocycles. The van der Waals surface area contributed by atoms with Crippen LogP contribution in [0.2, 0.25) is 0 Å². The number of fused-ring (bicyclic) bond motifs is 4. The summed E-state index contributed by atoms with van der Waals surface area (Å²) in [5, 5.41) is 0.00359. The van der Waals surface area contributed by atoms with Crippen LogP contribution in [-0.4, -0.2) is 89.7 Å². The van der Waals surface area contributed by atoms with E-state index >= 15 is 0 Å². The molecule has 1 unspecified atom stereocenters. The van der Waals surface area contributed by atoms with Gasteiger partial charge in [-0.25, -0.2) is 13.1 Å². The van der Waals surface area contributed by atoms with Gasteiger partial charge in [0.05, 0.1) is 30.8 Å². The molecule has 0 aromatic heterocycles. The second kappa shape index (κ2) is 15.4. The number of carbonyl (C=O) groups excluding carboxylic acids is 1. The molecule has 11 heteroatoms. The molecule has 7 atom stereocenters. The summed E-state index contributed by atoms with van der Waals surface area (Å²) in [4.78, 5) is 18.5. The van der Waals surface area contributed by atoms with Gasteiger partial charge in [-0.1, -0.05) is 55.0 Å². The molecule has 2 saturated carbocycles. The molecule has 2 bridgehead atoms. The van der Waals surface area contributed by atoms with Crippen molar-refractivity contribution >= 4 is 33.2 Å². The lowest BCUT2D eigenvalue weighted by atomic mass is 9.52. The van der Waals surface area contributed by atoms with E-state index in [0.29, 0.717) is 24.3 Å². The van der Waals surface area contributed by atoms with Crippen molar-refractivity contribution in [2.24, 2.45) is 28.6 Å². The molecule has 9 nitrogen and oxygen atoms in total. The van der Waals surface area contributed by atoms with E-state index in [-0.39, 0.29) is 28.6 Å². The van der Waals surface area contributed by atoms with Gasteiger partial charge in [-0.3, -0.25) is 9.69 Å². The third-order valence-electron chi connectivity index (χ3n) is 13.7. The van der Waals surface area contributed by atoms with Crippen molar-refractivity contribution < 1.29 is 27.4 Å². The fraction of sp³-hybridized carbons (Fsp3) is 0.643. The van der Waals surface area contributed by atoms with Crippen LogP contribution < -0.4 is 14.4 Å². The lowest BCUT2D eigenvalue weighted by Gasteiger charge is -2.55. The van der Waals surface area contributed by atoms with Crippen molar-refractivity contribution in [3.8, 4) is 17.6 Å². The molecule has 53 heavy (non-hydrogen) atoms. The Morgan fingerprint density at radius 2 is 1.98 bits per heavy atom. The quantitative estimate of drug-likeness (QED) is 0.269. The lowest BCUT2D eigenvalue weighted by molar-refractivity contribution is -0.0368. The van der Waals surface area contributed by atoms with Crippen LogP contribution in [0.3, 0.4) is 0 Å². The zero-order valence-electron chi connectivity index (χ0n) is 31.8. The Morgan fingerprint density at radius 3 is 2.74 bits per heavy atom. The highest BCUT2D eigenvalue weighted by Gasteiger charge is 2.55. The second-order valence-electron chi connectivity index (χ2n) is 16.5. The summed E-state index contributed by atoms with van der Waals surface area (Å²) in [6.45, 7) is 12.2. The van der Waals surface area contributed by atoms with Gasteiger partial charge in [0.1, 0.15) is 11.4 Å². The van der Waals surface area contributed by atoms with E-state index in [1.165, 1.54) is 5.57 Å². The normalized spacial score (nSPS) is 36.5. The number of rotatable bonds is 3. The van der Waals surface area contributed by atoms with Crippen LogP contribution in [0.1, 0.15) is 82.5 Å². The van der Waals surface area contributed by atoms with E-state index in [1.807, 2.05) is 25.1 Å².